The highest BCUT2D eigenvalue weighted by molar-refractivity contribution is 7.22. The molecule has 1 aliphatic rings. The highest BCUT2D eigenvalue weighted by Gasteiger charge is 2.45. The molecular weight excluding hydrogens is 302 g/mol. The summed E-state index contributed by atoms with van der Waals surface area (Å²) in [5.74, 6) is 0.361. The van der Waals surface area contributed by atoms with Gasteiger partial charge in [0.05, 0.1) is 17.4 Å². The van der Waals surface area contributed by atoms with Crippen LogP contribution in [0.15, 0.2) is 36.0 Å². The first-order chi connectivity index (χ1) is 10.3. The van der Waals surface area contributed by atoms with Crippen LogP contribution < -0.4 is 5.32 Å². The van der Waals surface area contributed by atoms with E-state index in [2.05, 4.69) is 15.3 Å². The Morgan fingerprint density at radius 3 is 3.00 bits per heavy atom. The molecule has 0 radical (unpaired) electrons. The van der Waals surface area contributed by atoms with E-state index in [0.717, 1.165) is 33.1 Å². The lowest BCUT2D eigenvalue weighted by molar-refractivity contribution is 0.0303. The van der Waals surface area contributed by atoms with Gasteiger partial charge in [-0.15, -0.1) is 11.3 Å². The van der Waals surface area contributed by atoms with Crippen LogP contribution in [0.5, 0.6) is 0 Å². The number of pyridine rings is 1. The molecule has 3 aromatic rings. The zero-order valence-corrected chi connectivity index (χ0v) is 13.0. The summed E-state index contributed by atoms with van der Waals surface area (Å²) in [5.41, 5.74) is 0.126. The van der Waals surface area contributed by atoms with E-state index in [-0.39, 0.29) is 0 Å². The van der Waals surface area contributed by atoms with Crippen molar-refractivity contribution in [2.75, 3.05) is 11.9 Å². The van der Waals surface area contributed by atoms with E-state index in [4.69, 9.17) is 0 Å². The SMILES string of the molecule is OC(CNc1nc2cnccc2s1)(c1cccs1)C1CC1. The average Bonchev–Trinajstić information content (AvgIpc) is 3.06. The number of nitrogens with one attached hydrogen (secondary N) is 1. The maximum absolute atomic E-state index is 11.1. The van der Waals surface area contributed by atoms with Crippen molar-refractivity contribution in [1.29, 1.82) is 0 Å². The van der Waals surface area contributed by atoms with Crippen molar-refractivity contribution in [1.82, 2.24) is 9.97 Å². The second-order valence-electron chi connectivity index (χ2n) is 5.39. The lowest BCUT2D eigenvalue weighted by Crippen LogP contribution is -2.35. The Kier molecular flexibility index (Phi) is 3.17. The molecule has 2 N–H and O–H groups in total. The summed E-state index contributed by atoms with van der Waals surface area (Å²) in [4.78, 5) is 9.64. The molecule has 0 spiro atoms. The van der Waals surface area contributed by atoms with Gasteiger partial charge in [0, 0.05) is 11.1 Å². The molecular formula is C15H15N3OS2. The molecule has 0 saturated heterocycles. The van der Waals surface area contributed by atoms with Crippen molar-refractivity contribution in [2.24, 2.45) is 5.92 Å². The van der Waals surface area contributed by atoms with Crippen LogP contribution in [0.4, 0.5) is 5.13 Å². The minimum absolute atomic E-state index is 0.361. The van der Waals surface area contributed by atoms with Crippen molar-refractivity contribution in [3.05, 3.63) is 40.8 Å². The van der Waals surface area contributed by atoms with Gasteiger partial charge >= 0.3 is 0 Å². The third-order valence-electron chi connectivity index (χ3n) is 3.90. The third-order valence-corrected chi connectivity index (χ3v) is 5.93. The lowest BCUT2D eigenvalue weighted by atomic mass is 9.96. The maximum Gasteiger partial charge on any atom is 0.183 e. The number of nitrogens with zero attached hydrogens (tertiary/aromatic N) is 2. The van der Waals surface area contributed by atoms with E-state index in [9.17, 15) is 5.11 Å². The summed E-state index contributed by atoms with van der Waals surface area (Å²) in [6.07, 6.45) is 5.74. The van der Waals surface area contributed by atoms with Crippen LogP contribution in [-0.2, 0) is 5.60 Å². The van der Waals surface area contributed by atoms with Crippen LogP contribution in [0.2, 0.25) is 0 Å². The van der Waals surface area contributed by atoms with Gasteiger partial charge in [0.1, 0.15) is 11.1 Å². The normalized spacial score (nSPS) is 17.8. The van der Waals surface area contributed by atoms with Crippen LogP contribution in [0.3, 0.4) is 0 Å². The van der Waals surface area contributed by atoms with Gasteiger partial charge in [0.15, 0.2) is 5.13 Å². The van der Waals surface area contributed by atoms with Crippen molar-refractivity contribution in [3.8, 4) is 0 Å². The van der Waals surface area contributed by atoms with Crippen molar-refractivity contribution in [3.63, 3.8) is 0 Å². The summed E-state index contributed by atoms with van der Waals surface area (Å²) in [5, 5.41) is 17.2. The highest BCUT2D eigenvalue weighted by atomic mass is 32.1. The summed E-state index contributed by atoms with van der Waals surface area (Å²) in [7, 11) is 0. The molecule has 1 saturated carbocycles. The predicted molar refractivity (Wildman–Crippen MR) is 86.8 cm³/mol. The van der Waals surface area contributed by atoms with Gasteiger partial charge in [-0.05, 0) is 36.3 Å². The Bertz CT molecular complexity index is 718. The number of aliphatic hydroxyl groups is 1. The molecule has 1 fully saturated rings. The number of hydrogen-bond donors (Lipinski definition) is 2. The molecule has 3 aromatic heterocycles. The molecule has 108 valence electrons. The number of thiazole rings is 1. The topological polar surface area (TPSA) is 58.0 Å². The molecule has 1 atom stereocenters. The standard InChI is InChI=1S/C15H15N3OS2/c19-15(10-3-4-10,13-2-1-7-20-13)9-17-14-18-11-8-16-6-5-12(11)21-14/h1-2,5-8,10,19H,3-4,9H2,(H,17,18). The third kappa shape index (κ3) is 2.43. The van der Waals surface area contributed by atoms with Crippen LogP contribution in [0.1, 0.15) is 17.7 Å². The number of thiophene rings is 1. The van der Waals surface area contributed by atoms with E-state index in [0.29, 0.717) is 12.5 Å². The second-order valence-corrected chi connectivity index (χ2v) is 7.37. The highest BCUT2D eigenvalue weighted by Crippen LogP contribution is 2.47. The lowest BCUT2D eigenvalue weighted by Gasteiger charge is -2.27. The number of fused-ring (bicyclic) bond motifs is 1. The molecule has 1 aliphatic carbocycles. The van der Waals surface area contributed by atoms with E-state index in [1.165, 1.54) is 0 Å². The van der Waals surface area contributed by atoms with Gasteiger partial charge in [-0.3, -0.25) is 4.98 Å². The molecule has 0 aliphatic heterocycles. The van der Waals surface area contributed by atoms with E-state index in [1.807, 2.05) is 23.6 Å². The fourth-order valence-electron chi connectivity index (χ4n) is 2.58. The Morgan fingerprint density at radius 2 is 2.29 bits per heavy atom. The Hall–Kier alpha value is -1.50. The Labute approximate surface area is 130 Å². The zero-order valence-electron chi connectivity index (χ0n) is 11.3. The predicted octanol–water partition coefficient (Wildman–Crippen LogP) is 3.46. The zero-order chi connectivity index (χ0) is 14.3. The molecule has 0 amide bonds. The van der Waals surface area contributed by atoms with Crippen LogP contribution in [-0.4, -0.2) is 21.6 Å². The Balaban J connectivity index is 1.56. The largest absolute Gasteiger partial charge is 0.382 e. The number of rotatable bonds is 5. The minimum Gasteiger partial charge on any atom is -0.382 e. The molecule has 3 heterocycles. The van der Waals surface area contributed by atoms with Gasteiger partial charge in [-0.2, -0.15) is 0 Å². The smallest absolute Gasteiger partial charge is 0.183 e. The fraction of sp³-hybridized carbons (Fsp3) is 0.333. The quantitative estimate of drug-likeness (QED) is 0.756. The maximum atomic E-state index is 11.1. The summed E-state index contributed by atoms with van der Waals surface area (Å²) >= 11 is 3.22. The van der Waals surface area contributed by atoms with Crippen LogP contribution >= 0.6 is 22.7 Å². The Morgan fingerprint density at radius 1 is 1.38 bits per heavy atom. The molecule has 0 bridgehead atoms. The van der Waals surface area contributed by atoms with Gasteiger partial charge in [-0.25, -0.2) is 4.98 Å². The van der Waals surface area contributed by atoms with E-state index >= 15 is 0 Å². The number of anilines is 1. The van der Waals surface area contributed by atoms with Gasteiger partial charge < -0.3 is 10.4 Å². The van der Waals surface area contributed by atoms with Crippen molar-refractivity contribution >= 4 is 38.0 Å². The first-order valence-electron chi connectivity index (χ1n) is 6.96. The van der Waals surface area contributed by atoms with E-state index in [1.54, 1.807) is 35.1 Å². The fourth-order valence-corrected chi connectivity index (χ4v) is 4.32. The summed E-state index contributed by atoms with van der Waals surface area (Å²) in [6, 6.07) is 5.98. The summed E-state index contributed by atoms with van der Waals surface area (Å²) < 4.78 is 1.11. The van der Waals surface area contributed by atoms with Crippen LogP contribution in [0, 0.1) is 5.92 Å². The first kappa shape index (κ1) is 13.2. The van der Waals surface area contributed by atoms with Crippen molar-refractivity contribution in [2.45, 2.75) is 18.4 Å². The van der Waals surface area contributed by atoms with Gasteiger partial charge in [0.25, 0.3) is 0 Å². The molecule has 4 rings (SSSR count). The molecule has 21 heavy (non-hydrogen) atoms. The van der Waals surface area contributed by atoms with Crippen LogP contribution in [0.25, 0.3) is 10.2 Å². The first-order valence-corrected chi connectivity index (χ1v) is 8.66. The molecule has 0 aromatic carbocycles. The minimum atomic E-state index is -0.774. The van der Waals surface area contributed by atoms with Crippen molar-refractivity contribution < 1.29 is 5.11 Å². The monoisotopic (exact) mass is 317 g/mol. The average molecular weight is 317 g/mol. The number of hydrogen-bond acceptors (Lipinski definition) is 6. The molecule has 1 unspecified atom stereocenters. The van der Waals surface area contributed by atoms with Gasteiger partial charge in [0.2, 0.25) is 0 Å². The molecule has 6 heteroatoms. The second kappa shape index (κ2) is 5.05. The van der Waals surface area contributed by atoms with E-state index < -0.39 is 5.60 Å². The van der Waals surface area contributed by atoms with Gasteiger partial charge in [-0.1, -0.05) is 17.4 Å². The summed E-state index contributed by atoms with van der Waals surface area (Å²) in [6.45, 7) is 0.505. The molecule has 4 nitrogen and oxygen atoms in total. The number of aromatic nitrogens is 2.